The van der Waals surface area contributed by atoms with Crippen LogP contribution in [0, 0.1) is 6.92 Å². The van der Waals surface area contributed by atoms with Crippen LogP contribution < -0.4 is 24.4 Å². The molecule has 0 saturated heterocycles. The van der Waals surface area contributed by atoms with E-state index < -0.39 is 6.04 Å². The predicted octanol–water partition coefficient (Wildman–Crippen LogP) is 8.00. The molecule has 4 aromatic carbocycles. The summed E-state index contributed by atoms with van der Waals surface area (Å²) in [6.07, 6.45) is 0.978. The van der Waals surface area contributed by atoms with Crippen molar-refractivity contribution in [2.24, 2.45) is 0 Å². The molecule has 7 nitrogen and oxygen atoms in total. The van der Waals surface area contributed by atoms with Gasteiger partial charge in [0.15, 0.2) is 17.3 Å². The van der Waals surface area contributed by atoms with E-state index in [1.807, 2.05) is 48.5 Å². The van der Waals surface area contributed by atoms with Gasteiger partial charge in [0.2, 0.25) is 5.75 Å². The van der Waals surface area contributed by atoms with Crippen LogP contribution >= 0.6 is 15.9 Å². The van der Waals surface area contributed by atoms with Gasteiger partial charge in [-0.05, 0) is 66.8 Å². The van der Waals surface area contributed by atoms with Crippen molar-refractivity contribution in [1.29, 1.82) is 0 Å². The van der Waals surface area contributed by atoms with Gasteiger partial charge in [0.05, 0.1) is 38.7 Å². The van der Waals surface area contributed by atoms with E-state index in [-0.39, 0.29) is 17.6 Å². The monoisotopic (exact) mass is 652 g/mol. The lowest BCUT2D eigenvalue weighted by atomic mass is 9.78. The number of amides is 1. The van der Waals surface area contributed by atoms with E-state index >= 15 is 0 Å². The molecule has 0 radical (unpaired) electrons. The number of hydrogen-bond acceptors (Lipinski definition) is 6. The fourth-order valence-electron chi connectivity index (χ4n) is 6.22. The van der Waals surface area contributed by atoms with Crippen LogP contribution in [0.5, 0.6) is 17.2 Å². The van der Waals surface area contributed by atoms with E-state index in [1.54, 1.807) is 17.0 Å². The normalized spacial score (nSPS) is 17.7. The van der Waals surface area contributed by atoms with Crippen LogP contribution in [0.25, 0.3) is 0 Å². The molecule has 0 bridgehead atoms. The first-order valence-electron chi connectivity index (χ1n) is 14.4. The van der Waals surface area contributed by atoms with E-state index in [1.165, 1.54) is 26.9 Å². The number of carbonyl (C=O) groups is 2. The van der Waals surface area contributed by atoms with Gasteiger partial charge in [-0.3, -0.25) is 14.5 Å². The van der Waals surface area contributed by atoms with Crippen LogP contribution in [0.15, 0.2) is 101 Å². The van der Waals surface area contributed by atoms with Crippen LogP contribution in [-0.2, 0) is 4.79 Å². The Hall–Kier alpha value is -4.56. The lowest BCUT2D eigenvalue weighted by Gasteiger charge is -2.35. The summed E-state index contributed by atoms with van der Waals surface area (Å²) in [6, 6.07) is 26.4. The maximum absolute atomic E-state index is 14.8. The third-order valence-corrected chi connectivity index (χ3v) is 8.83. The third-order valence-electron chi connectivity index (χ3n) is 8.33. The molecule has 0 aromatic heterocycles. The molecular weight excluding hydrogens is 620 g/mol. The molecule has 0 fully saturated rings. The number of methoxy groups -OCH3 is 3. The number of rotatable bonds is 6. The molecule has 0 unspecified atom stereocenters. The molecule has 2 atom stereocenters. The fraction of sp³-hybridized carbons (Fsp3) is 0.222. The molecule has 1 amide bonds. The smallest absolute Gasteiger partial charge is 0.259 e. The second-order valence-corrected chi connectivity index (χ2v) is 11.9. The van der Waals surface area contributed by atoms with Crippen molar-refractivity contribution in [1.82, 2.24) is 0 Å². The fourth-order valence-corrected chi connectivity index (χ4v) is 6.64. The Morgan fingerprint density at radius 2 is 1.55 bits per heavy atom. The Balaban J connectivity index is 1.57. The van der Waals surface area contributed by atoms with Crippen LogP contribution in [0.4, 0.5) is 11.4 Å². The molecule has 6 rings (SSSR count). The quantitative estimate of drug-likeness (QED) is 0.227. The number of para-hydroxylation sites is 2. The summed E-state index contributed by atoms with van der Waals surface area (Å²) in [5.41, 5.74) is 6.26. The highest BCUT2D eigenvalue weighted by Gasteiger charge is 2.42. The number of fused-ring (bicyclic) bond motifs is 1. The Morgan fingerprint density at radius 3 is 2.20 bits per heavy atom. The summed E-state index contributed by atoms with van der Waals surface area (Å²) in [5, 5.41) is 3.60. The molecular formula is C36H33BrN2O5. The van der Waals surface area contributed by atoms with Gasteiger partial charge in [-0.1, -0.05) is 70.0 Å². The van der Waals surface area contributed by atoms with Crippen LogP contribution in [0.3, 0.4) is 0 Å². The molecule has 44 heavy (non-hydrogen) atoms. The van der Waals surface area contributed by atoms with Gasteiger partial charge >= 0.3 is 0 Å². The molecule has 1 aliphatic heterocycles. The highest BCUT2D eigenvalue weighted by molar-refractivity contribution is 9.10. The maximum atomic E-state index is 14.8. The Kier molecular flexibility index (Phi) is 8.19. The van der Waals surface area contributed by atoms with Crippen LogP contribution in [-0.4, -0.2) is 33.0 Å². The summed E-state index contributed by atoms with van der Waals surface area (Å²) < 4.78 is 17.5. The number of anilines is 2. The predicted molar refractivity (Wildman–Crippen MR) is 175 cm³/mol. The van der Waals surface area contributed by atoms with Crippen LogP contribution in [0.2, 0.25) is 0 Å². The standard InChI is InChI=1S/C36H33BrN2O5/c1-21-12-14-22(15-13-21)24-17-28-33(30(40)18-24)34(23-8-7-9-26(37)16-23)39(29-11-6-5-10-27(29)38-28)36(41)25-19-31(42-2)35(44-4)32(20-25)43-3/h5-16,19-20,24,34,38H,17-18H2,1-4H3/t24-,34-/m0/s1. The van der Waals surface area contributed by atoms with Crippen molar-refractivity contribution in [3.63, 3.8) is 0 Å². The van der Waals surface area contributed by atoms with Crippen molar-refractivity contribution >= 4 is 39.0 Å². The number of halogens is 1. The SMILES string of the molecule is COc1cc(C(=O)N2c3ccccc3NC3=C(C(=O)C[C@@H](c4ccc(C)cc4)C3)[C@@H]2c2cccc(Br)c2)cc(OC)c1OC. The summed E-state index contributed by atoms with van der Waals surface area (Å²) in [4.78, 5) is 30.9. The number of allylic oxidation sites excluding steroid dienone is 1. The molecule has 4 aromatic rings. The van der Waals surface area contributed by atoms with Crippen molar-refractivity contribution < 1.29 is 23.8 Å². The molecule has 0 saturated carbocycles. The van der Waals surface area contributed by atoms with Gasteiger partial charge in [-0.15, -0.1) is 0 Å². The van der Waals surface area contributed by atoms with Crippen LogP contribution in [0.1, 0.15) is 51.8 Å². The van der Waals surface area contributed by atoms with Gasteiger partial charge in [0.1, 0.15) is 0 Å². The van der Waals surface area contributed by atoms with E-state index in [0.717, 1.165) is 27.0 Å². The van der Waals surface area contributed by atoms with Crippen molar-refractivity contribution in [3.05, 3.63) is 123 Å². The summed E-state index contributed by atoms with van der Waals surface area (Å²) >= 11 is 3.62. The molecule has 2 aliphatic rings. The number of nitrogens with one attached hydrogen (secondary N) is 1. The zero-order valence-electron chi connectivity index (χ0n) is 25.0. The third kappa shape index (κ3) is 5.35. The molecule has 224 valence electrons. The van der Waals surface area contributed by atoms with Gasteiger partial charge in [0.25, 0.3) is 5.91 Å². The molecule has 0 spiro atoms. The van der Waals surface area contributed by atoms with Gasteiger partial charge in [-0.25, -0.2) is 0 Å². The van der Waals surface area contributed by atoms with E-state index in [2.05, 4.69) is 52.4 Å². The zero-order chi connectivity index (χ0) is 31.0. The topological polar surface area (TPSA) is 77.1 Å². The summed E-state index contributed by atoms with van der Waals surface area (Å²) in [6.45, 7) is 2.06. The Bertz CT molecular complexity index is 1760. The van der Waals surface area contributed by atoms with Gasteiger partial charge in [0, 0.05) is 27.7 Å². The van der Waals surface area contributed by atoms with Crippen molar-refractivity contribution in [2.75, 3.05) is 31.5 Å². The average Bonchev–Trinajstić information content (AvgIpc) is 3.18. The first-order valence-corrected chi connectivity index (χ1v) is 15.2. The number of nitrogens with zero attached hydrogens (tertiary/aromatic N) is 1. The molecule has 8 heteroatoms. The van der Waals surface area contributed by atoms with E-state index in [0.29, 0.717) is 46.9 Å². The summed E-state index contributed by atoms with van der Waals surface area (Å²) in [7, 11) is 4.56. The minimum Gasteiger partial charge on any atom is -0.493 e. The Morgan fingerprint density at radius 1 is 0.841 bits per heavy atom. The minimum absolute atomic E-state index is 0.00444. The second kappa shape index (κ2) is 12.2. The largest absolute Gasteiger partial charge is 0.493 e. The van der Waals surface area contributed by atoms with Crippen molar-refractivity contribution in [3.8, 4) is 17.2 Å². The number of hydrogen-bond donors (Lipinski definition) is 1. The number of carbonyl (C=O) groups excluding carboxylic acids is 2. The number of Topliss-reactive ketones (excluding diaryl/α,β-unsaturated/α-hetero) is 1. The molecule has 1 aliphatic carbocycles. The van der Waals surface area contributed by atoms with Crippen molar-refractivity contribution in [2.45, 2.75) is 31.7 Å². The molecule has 1 heterocycles. The summed E-state index contributed by atoms with van der Waals surface area (Å²) in [5.74, 6) is 0.829. The Labute approximate surface area is 265 Å². The highest BCUT2D eigenvalue weighted by Crippen LogP contribution is 2.49. The van der Waals surface area contributed by atoms with E-state index in [4.69, 9.17) is 14.2 Å². The number of aryl methyl sites for hydroxylation is 1. The zero-order valence-corrected chi connectivity index (χ0v) is 26.6. The average molecular weight is 654 g/mol. The first kappa shape index (κ1) is 29.5. The number of benzene rings is 4. The lowest BCUT2D eigenvalue weighted by molar-refractivity contribution is -0.116. The second-order valence-electron chi connectivity index (χ2n) is 11.0. The maximum Gasteiger partial charge on any atom is 0.259 e. The number of ketones is 1. The first-order chi connectivity index (χ1) is 21.3. The highest BCUT2D eigenvalue weighted by atomic mass is 79.9. The van der Waals surface area contributed by atoms with E-state index in [9.17, 15) is 9.59 Å². The minimum atomic E-state index is -0.697. The number of ether oxygens (including phenoxy) is 3. The van der Waals surface area contributed by atoms with Gasteiger partial charge in [-0.2, -0.15) is 0 Å². The molecule has 1 N–H and O–H groups in total. The lowest BCUT2D eigenvalue weighted by Crippen LogP contribution is -2.38. The van der Waals surface area contributed by atoms with Gasteiger partial charge < -0.3 is 19.5 Å².